The maximum atomic E-state index is 11.9. The SMILES string of the molecule is O=C(CN[C@H]1CCNC1)N1CCCC1B(O)O. The van der Waals surface area contributed by atoms with Crippen LogP contribution in [0.25, 0.3) is 0 Å². The largest absolute Gasteiger partial charge is 0.475 e. The molecule has 0 bridgehead atoms. The van der Waals surface area contributed by atoms with Gasteiger partial charge in [-0.25, -0.2) is 0 Å². The smallest absolute Gasteiger partial charge is 0.426 e. The van der Waals surface area contributed by atoms with Crippen molar-refractivity contribution in [2.75, 3.05) is 26.2 Å². The Morgan fingerprint density at radius 1 is 1.47 bits per heavy atom. The summed E-state index contributed by atoms with van der Waals surface area (Å²) in [5.41, 5.74) is 0. The van der Waals surface area contributed by atoms with Gasteiger partial charge in [-0.1, -0.05) is 0 Å². The van der Waals surface area contributed by atoms with Crippen LogP contribution in [0.1, 0.15) is 19.3 Å². The van der Waals surface area contributed by atoms with E-state index in [-0.39, 0.29) is 12.5 Å². The maximum absolute atomic E-state index is 11.9. The Labute approximate surface area is 102 Å². The van der Waals surface area contributed by atoms with E-state index in [9.17, 15) is 14.8 Å². The summed E-state index contributed by atoms with van der Waals surface area (Å²) in [6.07, 6.45) is 2.56. The zero-order valence-corrected chi connectivity index (χ0v) is 9.93. The maximum Gasteiger partial charge on any atom is 0.475 e. The molecule has 0 saturated carbocycles. The van der Waals surface area contributed by atoms with E-state index in [2.05, 4.69) is 10.6 Å². The Balaban J connectivity index is 1.78. The highest BCUT2D eigenvalue weighted by molar-refractivity contribution is 6.43. The van der Waals surface area contributed by atoms with Gasteiger partial charge in [-0.15, -0.1) is 0 Å². The molecule has 7 heteroatoms. The first-order valence-electron chi connectivity index (χ1n) is 6.28. The molecular formula is C10H20BN3O3. The van der Waals surface area contributed by atoms with Gasteiger partial charge in [0.15, 0.2) is 0 Å². The summed E-state index contributed by atoms with van der Waals surface area (Å²) < 4.78 is 0. The van der Waals surface area contributed by atoms with E-state index in [1.807, 2.05) is 0 Å². The third-order valence-electron chi connectivity index (χ3n) is 3.57. The monoisotopic (exact) mass is 241 g/mol. The summed E-state index contributed by atoms with van der Waals surface area (Å²) in [7, 11) is -1.42. The Morgan fingerprint density at radius 3 is 2.94 bits per heavy atom. The summed E-state index contributed by atoms with van der Waals surface area (Å²) >= 11 is 0. The second kappa shape index (κ2) is 5.81. The molecule has 1 amide bonds. The highest BCUT2D eigenvalue weighted by Gasteiger charge is 2.36. The highest BCUT2D eigenvalue weighted by atomic mass is 16.4. The van der Waals surface area contributed by atoms with E-state index < -0.39 is 13.1 Å². The fourth-order valence-corrected chi connectivity index (χ4v) is 2.57. The Morgan fingerprint density at radius 2 is 2.29 bits per heavy atom. The van der Waals surface area contributed by atoms with E-state index in [0.717, 1.165) is 25.9 Å². The van der Waals surface area contributed by atoms with E-state index in [0.29, 0.717) is 19.0 Å². The normalized spacial score (nSPS) is 28.7. The van der Waals surface area contributed by atoms with E-state index >= 15 is 0 Å². The van der Waals surface area contributed by atoms with Crippen molar-refractivity contribution in [3.05, 3.63) is 0 Å². The molecule has 0 aromatic carbocycles. The molecule has 6 nitrogen and oxygen atoms in total. The van der Waals surface area contributed by atoms with Crippen LogP contribution in [0, 0.1) is 0 Å². The molecule has 2 aliphatic heterocycles. The molecule has 0 spiro atoms. The molecule has 0 aromatic rings. The molecule has 2 heterocycles. The fraction of sp³-hybridized carbons (Fsp3) is 0.900. The second-order valence-electron chi connectivity index (χ2n) is 4.78. The molecule has 0 aliphatic carbocycles. The first-order chi connectivity index (χ1) is 8.18. The molecule has 17 heavy (non-hydrogen) atoms. The zero-order chi connectivity index (χ0) is 12.3. The summed E-state index contributed by atoms with van der Waals surface area (Å²) in [6.45, 7) is 2.81. The van der Waals surface area contributed by atoms with E-state index in [1.54, 1.807) is 4.90 Å². The Bertz CT molecular complexity index is 272. The van der Waals surface area contributed by atoms with Crippen molar-refractivity contribution < 1.29 is 14.8 Å². The molecule has 0 radical (unpaired) electrons. The van der Waals surface area contributed by atoms with Crippen molar-refractivity contribution in [2.24, 2.45) is 0 Å². The molecule has 2 fully saturated rings. The van der Waals surface area contributed by atoms with Gasteiger partial charge in [-0.05, 0) is 25.8 Å². The lowest BCUT2D eigenvalue weighted by molar-refractivity contribution is -0.130. The van der Waals surface area contributed by atoms with E-state index in [4.69, 9.17) is 0 Å². The van der Waals surface area contributed by atoms with Gasteiger partial charge in [0.2, 0.25) is 5.91 Å². The van der Waals surface area contributed by atoms with Crippen molar-refractivity contribution in [3.63, 3.8) is 0 Å². The third kappa shape index (κ3) is 3.19. The van der Waals surface area contributed by atoms with Crippen molar-refractivity contribution >= 4 is 13.0 Å². The Kier molecular flexibility index (Phi) is 4.39. The highest BCUT2D eigenvalue weighted by Crippen LogP contribution is 2.17. The Hall–Kier alpha value is -0.625. The van der Waals surface area contributed by atoms with Crippen LogP contribution < -0.4 is 10.6 Å². The van der Waals surface area contributed by atoms with Gasteiger partial charge in [0.05, 0.1) is 12.5 Å². The van der Waals surface area contributed by atoms with Gasteiger partial charge in [0.1, 0.15) is 0 Å². The van der Waals surface area contributed by atoms with Gasteiger partial charge < -0.3 is 25.6 Å². The molecule has 2 atom stereocenters. The van der Waals surface area contributed by atoms with Crippen LogP contribution >= 0.6 is 0 Å². The number of hydrogen-bond acceptors (Lipinski definition) is 5. The van der Waals surface area contributed by atoms with Crippen molar-refractivity contribution in [1.82, 2.24) is 15.5 Å². The number of amides is 1. The average Bonchev–Trinajstić information content (AvgIpc) is 2.96. The molecule has 2 aliphatic rings. The van der Waals surface area contributed by atoms with Crippen LogP contribution in [0.15, 0.2) is 0 Å². The molecule has 0 aromatic heterocycles. The lowest BCUT2D eigenvalue weighted by atomic mass is 9.78. The number of nitrogens with one attached hydrogen (secondary N) is 2. The predicted molar refractivity (Wildman–Crippen MR) is 64.2 cm³/mol. The summed E-state index contributed by atoms with van der Waals surface area (Å²) in [6, 6.07) is 0.360. The molecule has 4 N–H and O–H groups in total. The number of likely N-dealkylation sites (tertiary alicyclic amines) is 1. The van der Waals surface area contributed by atoms with Gasteiger partial charge in [-0.3, -0.25) is 4.79 Å². The molecule has 96 valence electrons. The fourth-order valence-electron chi connectivity index (χ4n) is 2.57. The minimum absolute atomic E-state index is 0.0347. The van der Waals surface area contributed by atoms with Crippen molar-refractivity contribution in [1.29, 1.82) is 0 Å². The number of carbonyl (C=O) groups is 1. The molecule has 2 rings (SSSR count). The van der Waals surface area contributed by atoms with Gasteiger partial charge in [0.25, 0.3) is 0 Å². The first kappa shape index (κ1) is 12.8. The molecular weight excluding hydrogens is 221 g/mol. The van der Waals surface area contributed by atoms with Crippen LogP contribution in [0.5, 0.6) is 0 Å². The van der Waals surface area contributed by atoms with Crippen molar-refractivity contribution in [3.8, 4) is 0 Å². The summed E-state index contributed by atoms with van der Waals surface area (Å²) in [5, 5.41) is 24.8. The lowest BCUT2D eigenvalue weighted by Gasteiger charge is -2.24. The van der Waals surface area contributed by atoms with Crippen LogP contribution in [0.2, 0.25) is 0 Å². The molecule has 2 saturated heterocycles. The molecule has 1 unspecified atom stereocenters. The minimum Gasteiger partial charge on any atom is -0.426 e. The van der Waals surface area contributed by atoms with Gasteiger partial charge in [-0.2, -0.15) is 0 Å². The first-order valence-corrected chi connectivity index (χ1v) is 6.28. The topological polar surface area (TPSA) is 84.8 Å². The van der Waals surface area contributed by atoms with Crippen LogP contribution in [0.4, 0.5) is 0 Å². The van der Waals surface area contributed by atoms with Crippen LogP contribution in [0.3, 0.4) is 0 Å². The second-order valence-corrected chi connectivity index (χ2v) is 4.78. The van der Waals surface area contributed by atoms with Crippen molar-refractivity contribution in [2.45, 2.75) is 31.2 Å². The zero-order valence-electron chi connectivity index (χ0n) is 9.93. The van der Waals surface area contributed by atoms with Crippen LogP contribution in [-0.4, -0.2) is 66.1 Å². The van der Waals surface area contributed by atoms with Gasteiger partial charge in [0, 0.05) is 19.1 Å². The minimum atomic E-state index is -1.42. The number of hydrogen-bond donors (Lipinski definition) is 4. The average molecular weight is 241 g/mol. The summed E-state index contributed by atoms with van der Waals surface area (Å²) in [5.74, 6) is -0.460. The van der Waals surface area contributed by atoms with Crippen LogP contribution in [-0.2, 0) is 4.79 Å². The number of nitrogens with zero attached hydrogens (tertiary/aromatic N) is 1. The standard InChI is InChI=1S/C10H20BN3O3/c15-10(7-13-8-3-4-12-6-8)14-5-1-2-9(14)11(16)17/h8-9,12-13,16-17H,1-7H2/t8-,9?/m0/s1. The lowest BCUT2D eigenvalue weighted by Crippen LogP contribution is -2.49. The van der Waals surface area contributed by atoms with E-state index in [1.165, 1.54) is 0 Å². The third-order valence-corrected chi connectivity index (χ3v) is 3.57. The van der Waals surface area contributed by atoms with Gasteiger partial charge >= 0.3 is 7.12 Å². The number of carbonyl (C=O) groups excluding carboxylic acids is 1. The predicted octanol–water partition coefficient (Wildman–Crippen LogP) is -2.06. The quantitative estimate of drug-likeness (QED) is 0.425. The summed E-state index contributed by atoms with van der Waals surface area (Å²) in [4.78, 5) is 13.5. The number of rotatable bonds is 4.